The van der Waals surface area contributed by atoms with Crippen LogP contribution in [0.2, 0.25) is 0 Å². The van der Waals surface area contributed by atoms with Gasteiger partial charge in [-0.15, -0.1) is 0 Å². The van der Waals surface area contributed by atoms with Crippen molar-refractivity contribution in [3.8, 4) is 0 Å². The molecule has 1 aromatic carbocycles. The van der Waals surface area contributed by atoms with Crippen LogP contribution in [0, 0.1) is 11.8 Å². The van der Waals surface area contributed by atoms with Gasteiger partial charge in [-0.05, 0) is 24.8 Å². The number of benzene rings is 1. The lowest BCUT2D eigenvalue weighted by atomic mass is 10.0. The van der Waals surface area contributed by atoms with E-state index in [1.807, 2.05) is 18.2 Å². The summed E-state index contributed by atoms with van der Waals surface area (Å²) >= 11 is 0. The molecule has 0 heterocycles. The highest BCUT2D eigenvalue weighted by molar-refractivity contribution is 5.80. The van der Waals surface area contributed by atoms with E-state index in [4.69, 9.17) is 5.11 Å². The first-order chi connectivity index (χ1) is 9.58. The van der Waals surface area contributed by atoms with E-state index in [2.05, 4.69) is 5.32 Å². The van der Waals surface area contributed by atoms with E-state index < -0.39 is 18.0 Å². The Morgan fingerprint density at radius 3 is 2.45 bits per heavy atom. The Bertz CT molecular complexity index is 474. The van der Waals surface area contributed by atoms with Crippen molar-refractivity contribution in [2.75, 3.05) is 6.54 Å². The van der Waals surface area contributed by atoms with Crippen LogP contribution in [0.4, 0.5) is 0 Å². The van der Waals surface area contributed by atoms with Gasteiger partial charge in [-0.25, -0.2) is 0 Å². The summed E-state index contributed by atoms with van der Waals surface area (Å²) in [6.07, 6.45) is 0.804. The molecule has 1 amide bonds. The second kappa shape index (κ2) is 6.52. The fourth-order valence-electron chi connectivity index (χ4n) is 2.58. The Morgan fingerprint density at radius 2 is 1.85 bits per heavy atom. The lowest BCUT2D eigenvalue weighted by molar-refractivity contribution is -0.141. The molecule has 5 heteroatoms. The monoisotopic (exact) mass is 277 g/mol. The lowest BCUT2D eigenvalue weighted by Crippen LogP contribution is -2.33. The van der Waals surface area contributed by atoms with E-state index in [0.29, 0.717) is 19.3 Å². The quantitative estimate of drug-likeness (QED) is 0.758. The molecule has 20 heavy (non-hydrogen) atoms. The van der Waals surface area contributed by atoms with Crippen LogP contribution in [-0.4, -0.2) is 28.6 Å². The fraction of sp³-hybridized carbons (Fsp3) is 0.467. The average molecular weight is 277 g/mol. The Balaban J connectivity index is 1.80. The molecule has 3 N–H and O–H groups in total. The standard InChI is InChI=1S/C15H19NO4/c17-13(10-4-2-1-3-5-10)9-16-14(18)11-6-7-12(8-11)15(19)20/h1-5,11-13,17H,6-9H2,(H,16,18)(H,19,20). The van der Waals surface area contributed by atoms with E-state index in [9.17, 15) is 14.7 Å². The molecule has 0 radical (unpaired) electrons. The number of carboxylic acids is 1. The molecule has 3 atom stereocenters. The molecule has 1 aliphatic rings. The number of carbonyl (C=O) groups excluding carboxylic acids is 1. The number of nitrogens with one attached hydrogen (secondary N) is 1. The maximum Gasteiger partial charge on any atom is 0.306 e. The summed E-state index contributed by atoms with van der Waals surface area (Å²) < 4.78 is 0. The summed E-state index contributed by atoms with van der Waals surface area (Å²) in [5.41, 5.74) is 0.752. The topological polar surface area (TPSA) is 86.6 Å². The minimum atomic E-state index is -0.829. The zero-order chi connectivity index (χ0) is 14.5. The third-order valence-corrected chi connectivity index (χ3v) is 3.81. The molecular formula is C15H19NO4. The molecule has 1 aliphatic carbocycles. The van der Waals surface area contributed by atoms with Crippen molar-refractivity contribution in [2.45, 2.75) is 25.4 Å². The van der Waals surface area contributed by atoms with Crippen molar-refractivity contribution in [1.82, 2.24) is 5.32 Å². The number of hydrogen-bond acceptors (Lipinski definition) is 3. The molecule has 5 nitrogen and oxygen atoms in total. The highest BCUT2D eigenvalue weighted by Crippen LogP contribution is 2.31. The molecule has 1 fully saturated rings. The first-order valence-corrected chi connectivity index (χ1v) is 6.81. The molecule has 3 unspecified atom stereocenters. The van der Waals surface area contributed by atoms with Gasteiger partial charge in [0, 0.05) is 12.5 Å². The second-order valence-corrected chi connectivity index (χ2v) is 5.22. The SMILES string of the molecule is O=C(O)C1CCC(C(=O)NCC(O)c2ccccc2)C1. The Labute approximate surface area is 117 Å². The molecule has 0 spiro atoms. The molecule has 1 aromatic rings. The van der Waals surface area contributed by atoms with Gasteiger partial charge in [0.1, 0.15) is 0 Å². The highest BCUT2D eigenvalue weighted by atomic mass is 16.4. The number of amides is 1. The zero-order valence-corrected chi connectivity index (χ0v) is 11.2. The third kappa shape index (κ3) is 3.57. The van der Waals surface area contributed by atoms with Crippen LogP contribution < -0.4 is 5.32 Å². The summed E-state index contributed by atoms with van der Waals surface area (Å²) in [7, 11) is 0. The molecule has 0 saturated heterocycles. The molecule has 0 bridgehead atoms. The van der Waals surface area contributed by atoms with Crippen LogP contribution in [-0.2, 0) is 9.59 Å². The van der Waals surface area contributed by atoms with Gasteiger partial charge in [-0.3, -0.25) is 9.59 Å². The normalized spacial score (nSPS) is 23.2. The first kappa shape index (κ1) is 14.5. The van der Waals surface area contributed by atoms with Crippen LogP contribution in [0.25, 0.3) is 0 Å². The van der Waals surface area contributed by atoms with Crippen LogP contribution in [0.1, 0.15) is 30.9 Å². The molecule has 1 saturated carbocycles. The maximum atomic E-state index is 11.9. The molecule has 0 aliphatic heterocycles. The fourth-order valence-corrected chi connectivity index (χ4v) is 2.58. The van der Waals surface area contributed by atoms with Crippen LogP contribution in [0.5, 0.6) is 0 Å². The first-order valence-electron chi connectivity index (χ1n) is 6.81. The number of carbonyl (C=O) groups is 2. The summed E-state index contributed by atoms with van der Waals surface area (Å²) in [6, 6.07) is 9.11. The summed E-state index contributed by atoms with van der Waals surface area (Å²) in [5.74, 6) is -1.66. The van der Waals surface area contributed by atoms with Crippen LogP contribution >= 0.6 is 0 Å². The Hall–Kier alpha value is -1.88. The van der Waals surface area contributed by atoms with Crippen molar-refractivity contribution in [3.05, 3.63) is 35.9 Å². The summed E-state index contributed by atoms with van der Waals surface area (Å²) in [6.45, 7) is 0.150. The molecular weight excluding hydrogens is 258 g/mol. The number of rotatable bonds is 5. The van der Waals surface area contributed by atoms with Gasteiger partial charge in [0.05, 0.1) is 12.0 Å². The Morgan fingerprint density at radius 1 is 1.20 bits per heavy atom. The Kier molecular flexibility index (Phi) is 4.74. The molecule has 2 rings (SSSR count). The van der Waals surface area contributed by atoms with Gasteiger partial charge in [0.15, 0.2) is 0 Å². The van der Waals surface area contributed by atoms with Gasteiger partial charge in [0.2, 0.25) is 5.91 Å². The highest BCUT2D eigenvalue weighted by Gasteiger charge is 2.33. The number of aliphatic hydroxyl groups excluding tert-OH is 1. The van der Waals surface area contributed by atoms with Crippen LogP contribution in [0.3, 0.4) is 0 Å². The molecule has 108 valence electrons. The number of carboxylic acid groups (broad SMARTS) is 1. The predicted octanol–water partition coefficient (Wildman–Crippen LogP) is 1.34. The van der Waals surface area contributed by atoms with Gasteiger partial charge in [-0.1, -0.05) is 30.3 Å². The van der Waals surface area contributed by atoms with E-state index >= 15 is 0 Å². The van der Waals surface area contributed by atoms with Crippen molar-refractivity contribution in [2.24, 2.45) is 11.8 Å². The van der Waals surface area contributed by atoms with Gasteiger partial charge >= 0.3 is 5.97 Å². The van der Waals surface area contributed by atoms with E-state index in [1.54, 1.807) is 12.1 Å². The minimum absolute atomic E-state index is 0.150. The molecule has 0 aromatic heterocycles. The van der Waals surface area contributed by atoms with Crippen molar-refractivity contribution < 1.29 is 19.8 Å². The van der Waals surface area contributed by atoms with E-state index in [-0.39, 0.29) is 18.4 Å². The van der Waals surface area contributed by atoms with Crippen molar-refractivity contribution >= 4 is 11.9 Å². The predicted molar refractivity (Wildman–Crippen MR) is 72.9 cm³/mol. The van der Waals surface area contributed by atoms with Gasteiger partial charge in [-0.2, -0.15) is 0 Å². The zero-order valence-electron chi connectivity index (χ0n) is 11.2. The third-order valence-electron chi connectivity index (χ3n) is 3.81. The number of aliphatic carboxylic acids is 1. The van der Waals surface area contributed by atoms with Crippen LogP contribution in [0.15, 0.2) is 30.3 Å². The number of hydrogen-bond donors (Lipinski definition) is 3. The van der Waals surface area contributed by atoms with Crippen molar-refractivity contribution in [1.29, 1.82) is 0 Å². The number of aliphatic hydroxyl groups is 1. The largest absolute Gasteiger partial charge is 0.481 e. The van der Waals surface area contributed by atoms with Gasteiger partial charge in [0.25, 0.3) is 0 Å². The van der Waals surface area contributed by atoms with E-state index in [0.717, 1.165) is 5.56 Å². The lowest BCUT2D eigenvalue weighted by Gasteiger charge is -2.15. The van der Waals surface area contributed by atoms with Crippen molar-refractivity contribution in [3.63, 3.8) is 0 Å². The van der Waals surface area contributed by atoms with Gasteiger partial charge < -0.3 is 15.5 Å². The maximum absolute atomic E-state index is 11.9. The average Bonchev–Trinajstić information content (AvgIpc) is 2.95. The smallest absolute Gasteiger partial charge is 0.306 e. The second-order valence-electron chi connectivity index (χ2n) is 5.22. The summed E-state index contributed by atoms with van der Waals surface area (Å²) in [4.78, 5) is 22.8. The minimum Gasteiger partial charge on any atom is -0.481 e. The van der Waals surface area contributed by atoms with E-state index in [1.165, 1.54) is 0 Å². The summed E-state index contributed by atoms with van der Waals surface area (Å²) in [5, 5.41) is 21.6.